The molecule has 2 fully saturated rings. The maximum atomic E-state index is 13.0. The lowest BCUT2D eigenvalue weighted by Gasteiger charge is -2.39. The van der Waals surface area contributed by atoms with Crippen LogP contribution in [-0.2, 0) is 21.3 Å². The highest BCUT2D eigenvalue weighted by atomic mass is 19.4. The molecule has 0 atom stereocenters. The van der Waals surface area contributed by atoms with E-state index in [0.29, 0.717) is 56.0 Å². The smallest absolute Gasteiger partial charge is 0.383 e. The van der Waals surface area contributed by atoms with Crippen LogP contribution in [-0.4, -0.2) is 49.1 Å². The number of hydrogen-bond acceptors (Lipinski definition) is 8. The minimum atomic E-state index is -4.57. The molecule has 2 N–H and O–H groups in total. The molecule has 0 amide bonds. The van der Waals surface area contributed by atoms with Crippen molar-refractivity contribution in [2.75, 3.05) is 18.5 Å². The van der Waals surface area contributed by atoms with E-state index in [1.54, 1.807) is 18.3 Å². The summed E-state index contributed by atoms with van der Waals surface area (Å²) < 4.78 is 51.9. The van der Waals surface area contributed by atoms with Crippen molar-refractivity contribution >= 4 is 11.6 Å². The number of nitrogens with one attached hydrogen (secondary N) is 1. The van der Waals surface area contributed by atoms with E-state index in [4.69, 9.17) is 9.47 Å². The standard InChI is InChI=1S/C22H23F3N6O3/c1-14-10-15(27-19-26-7-2-17(28-19)22(23,24)25)12-16(11-14)31-13-18(29-30-31)20(32)3-5-21(6-4-20)33-8-9-34-21/h2,7,10-13,32H,3-6,8-9H2,1H3,(H,26,27,28). The lowest BCUT2D eigenvalue weighted by molar-refractivity contribution is -0.204. The zero-order valence-electron chi connectivity index (χ0n) is 18.3. The van der Waals surface area contributed by atoms with Crippen molar-refractivity contribution in [1.82, 2.24) is 25.0 Å². The first-order chi connectivity index (χ1) is 16.1. The topological polar surface area (TPSA) is 107 Å². The van der Waals surface area contributed by atoms with Crippen LogP contribution in [0.4, 0.5) is 24.8 Å². The number of ether oxygens (including phenoxy) is 2. The normalized spacial score (nSPS) is 19.4. The molecule has 0 bridgehead atoms. The van der Waals surface area contributed by atoms with E-state index in [2.05, 4.69) is 25.6 Å². The van der Waals surface area contributed by atoms with E-state index >= 15 is 0 Å². The van der Waals surface area contributed by atoms with E-state index in [-0.39, 0.29) is 5.95 Å². The monoisotopic (exact) mass is 476 g/mol. The van der Waals surface area contributed by atoms with Gasteiger partial charge in [-0.25, -0.2) is 14.6 Å². The fourth-order valence-corrected chi connectivity index (χ4v) is 4.36. The summed E-state index contributed by atoms with van der Waals surface area (Å²) in [5.41, 5.74) is 0.201. The molecular weight excluding hydrogens is 453 g/mol. The minimum Gasteiger partial charge on any atom is -0.383 e. The van der Waals surface area contributed by atoms with Crippen LogP contribution in [0.2, 0.25) is 0 Å². The van der Waals surface area contributed by atoms with Crippen LogP contribution in [0.25, 0.3) is 5.69 Å². The maximum Gasteiger partial charge on any atom is 0.433 e. The van der Waals surface area contributed by atoms with Gasteiger partial charge in [0.05, 0.1) is 25.1 Å². The summed E-state index contributed by atoms with van der Waals surface area (Å²) in [4.78, 5) is 7.41. The van der Waals surface area contributed by atoms with Crippen molar-refractivity contribution in [3.05, 3.63) is 53.6 Å². The SMILES string of the molecule is Cc1cc(Nc2nccc(C(F)(F)F)n2)cc(-n2cc(C3(O)CCC4(CC3)OCCO4)nn2)c1. The highest BCUT2D eigenvalue weighted by molar-refractivity contribution is 5.59. The Labute approximate surface area is 192 Å². The number of aryl methyl sites for hydroxylation is 1. The zero-order valence-corrected chi connectivity index (χ0v) is 18.3. The summed E-state index contributed by atoms with van der Waals surface area (Å²) >= 11 is 0. The number of benzene rings is 1. The Morgan fingerprint density at radius 2 is 1.82 bits per heavy atom. The maximum absolute atomic E-state index is 13.0. The van der Waals surface area contributed by atoms with Crippen molar-refractivity contribution in [3.63, 3.8) is 0 Å². The summed E-state index contributed by atoms with van der Waals surface area (Å²) in [6, 6.07) is 6.10. The molecule has 0 radical (unpaired) electrons. The number of halogens is 3. The largest absolute Gasteiger partial charge is 0.433 e. The molecule has 1 aliphatic carbocycles. The lowest BCUT2D eigenvalue weighted by Crippen LogP contribution is -2.42. The molecule has 2 aromatic heterocycles. The first-order valence-corrected chi connectivity index (χ1v) is 10.9. The molecule has 1 spiro atoms. The number of hydrogen-bond donors (Lipinski definition) is 2. The summed E-state index contributed by atoms with van der Waals surface area (Å²) in [6.07, 6.45) is 0.127. The fourth-order valence-electron chi connectivity index (χ4n) is 4.36. The molecule has 5 rings (SSSR count). The molecule has 180 valence electrons. The van der Waals surface area contributed by atoms with Crippen LogP contribution in [0.3, 0.4) is 0 Å². The third-order valence-electron chi connectivity index (χ3n) is 6.15. The average Bonchev–Trinajstić information content (AvgIpc) is 3.46. The first-order valence-electron chi connectivity index (χ1n) is 10.9. The Morgan fingerprint density at radius 3 is 2.53 bits per heavy atom. The van der Waals surface area contributed by atoms with Gasteiger partial charge in [0.2, 0.25) is 5.95 Å². The Kier molecular flexibility index (Phi) is 5.53. The van der Waals surface area contributed by atoms with Gasteiger partial charge in [0, 0.05) is 24.7 Å². The second-order valence-electron chi connectivity index (χ2n) is 8.63. The van der Waals surface area contributed by atoms with Crippen LogP contribution in [0.1, 0.15) is 42.6 Å². The third kappa shape index (κ3) is 4.48. The Hall–Kier alpha value is -3.09. The van der Waals surface area contributed by atoms with Crippen LogP contribution in [0.15, 0.2) is 36.7 Å². The van der Waals surface area contributed by atoms with Crippen molar-refractivity contribution < 1.29 is 27.8 Å². The van der Waals surface area contributed by atoms with Gasteiger partial charge in [-0.05, 0) is 49.6 Å². The van der Waals surface area contributed by atoms with Gasteiger partial charge in [0.15, 0.2) is 5.79 Å². The number of aliphatic hydroxyl groups is 1. The van der Waals surface area contributed by atoms with Crippen LogP contribution >= 0.6 is 0 Å². The fraction of sp³-hybridized carbons (Fsp3) is 0.455. The number of anilines is 2. The van der Waals surface area contributed by atoms with E-state index in [1.807, 2.05) is 13.0 Å². The molecular formula is C22H23F3N6O3. The molecule has 9 nitrogen and oxygen atoms in total. The van der Waals surface area contributed by atoms with Gasteiger partial charge in [-0.3, -0.25) is 0 Å². The van der Waals surface area contributed by atoms with E-state index in [9.17, 15) is 18.3 Å². The number of nitrogens with zero attached hydrogens (tertiary/aromatic N) is 5. The summed E-state index contributed by atoms with van der Waals surface area (Å²) in [5.74, 6) is -0.780. The van der Waals surface area contributed by atoms with Gasteiger partial charge in [-0.15, -0.1) is 5.10 Å². The Balaban J connectivity index is 1.35. The quantitative estimate of drug-likeness (QED) is 0.588. The van der Waals surface area contributed by atoms with Crippen molar-refractivity contribution in [2.24, 2.45) is 0 Å². The first kappa shape index (κ1) is 22.7. The highest BCUT2D eigenvalue weighted by Crippen LogP contribution is 2.44. The second kappa shape index (κ2) is 8.29. The number of alkyl halides is 3. The average molecular weight is 476 g/mol. The summed E-state index contributed by atoms with van der Waals surface area (Å²) in [7, 11) is 0. The minimum absolute atomic E-state index is 0.174. The van der Waals surface area contributed by atoms with Crippen LogP contribution in [0.5, 0.6) is 0 Å². The van der Waals surface area contributed by atoms with Crippen molar-refractivity contribution in [2.45, 2.75) is 50.2 Å². The molecule has 34 heavy (non-hydrogen) atoms. The van der Waals surface area contributed by atoms with Gasteiger partial charge in [-0.1, -0.05) is 5.21 Å². The van der Waals surface area contributed by atoms with Crippen LogP contribution < -0.4 is 5.32 Å². The van der Waals surface area contributed by atoms with Crippen LogP contribution in [0, 0.1) is 6.92 Å². The van der Waals surface area contributed by atoms with E-state index in [1.165, 1.54) is 4.68 Å². The predicted molar refractivity (Wildman–Crippen MR) is 113 cm³/mol. The van der Waals surface area contributed by atoms with E-state index in [0.717, 1.165) is 17.8 Å². The number of aromatic nitrogens is 5. The highest BCUT2D eigenvalue weighted by Gasteiger charge is 2.47. The molecule has 3 aromatic rings. The number of rotatable bonds is 4. The lowest BCUT2D eigenvalue weighted by atomic mass is 9.79. The molecule has 1 saturated heterocycles. The second-order valence-corrected chi connectivity index (χ2v) is 8.63. The predicted octanol–water partition coefficient (Wildman–Crippen LogP) is 3.63. The molecule has 2 aliphatic rings. The molecule has 1 saturated carbocycles. The van der Waals surface area contributed by atoms with Crippen molar-refractivity contribution in [3.8, 4) is 5.69 Å². The van der Waals surface area contributed by atoms with Gasteiger partial charge in [0.1, 0.15) is 17.0 Å². The van der Waals surface area contributed by atoms with Gasteiger partial charge in [-0.2, -0.15) is 13.2 Å². The zero-order chi connectivity index (χ0) is 24.0. The molecule has 1 aromatic carbocycles. The molecule has 1 aliphatic heterocycles. The molecule has 12 heteroatoms. The van der Waals surface area contributed by atoms with E-state index < -0.39 is 23.3 Å². The molecule has 3 heterocycles. The Bertz CT molecular complexity index is 1180. The summed E-state index contributed by atoms with van der Waals surface area (Å²) in [5, 5.41) is 22.4. The Morgan fingerprint density at radius 1 is 1.09 bits per heavy atom. The molecule has 0 unspecified atom stereocenters. The van der Waals surface area contributed by atoms with Crippen molar-refractivity contribution in [1.29, 1.82) is 0 Å². The van der Waals surface area contributed by atoms with Gasteiger partial charge in [0.25, 0.3) is 0 Å². The summed E-state index contributed by atoms with van der Waals surface area (Å²) in [6.45, 7) is 2.96. The van der Waals surface area contributed by atoms with Gasteiger partial charge >= 0.3 is 6.18 Å². The van der Waals surface area contributed by atoms with Gasteiger partial charge < -0.3 is 19.9 Å². The third-order valence-corrected chi connectivity index (χ3v) is 6.15.